The number of rotatable bonds is 0. The van der Waals surface area contributed by atoms with Crippen molar-refractivity contribution in [1.29, 1.82) is 0 Å². The van der Waals surface area contributed by atoms with Crippen molar-refractivity contribution in [3.8, 4) is 0 Å². The fraction of sp³-hybridized carbons (Fsp3) is 0.833. The third-order valence-electron chi connectivity index (χ3n) is 1.40. The maximum absolute atomic E-state index is 10.6. The molecule has 2 heteroatoms. The van der Waals surface area contributed by atoms with E-state index >= 15 is 0 Å². The molecule has 0 aromatic rings. The zero-order valence-corrected chi connectivity index (χ0v) is 4.94. The van der Waals surface area contributed by atoms with Crippen molar-refractivity contribution in [3.05, 3.63) is 0 Å². The molecule has 1 amide bonds. The van der Waals surface area contributed by atoms with E-state index in [4.69, 9.17) is 0 Å². The van der Waals surface area contributed by atoms with Gasteiger partial charge in [0.05, 0.1) is 0 Å². The third kappa shape index (κ3) is 1.52. The molecule has 0 spiro atoms. The highest BCUT2D eigenvalue weighted by molar-refractivity contribution is 5.75. The first-order valence-corrected chi connectivity index (χ1v) is 3.16. The number of hydrogen-bond donors (Lipinski definition) is 1. The number of amides is 1. The molecule has 0 bridgehead atoms. The quantitative estimate of drug-likeness (QED) is 0.499. The molecule has 0 aliphatic carbocycles. The van der Waals surface area contributed by atoms with Crippen molar-refractivity contribution in [1.82, 2.24) is 5.32 Å². The molecule has 0 saturated carbocycles. The highest BCUT2D eigenvalue weighted by Gasteiger charge is 2.03. The topological polar surface area (TPSA) is 29.1 Å². The van der Waals surface area contributed by atoms with E-state index < -0.39 is 0 Å². The second kappa shape index (κ2) is 2.70. The van der Waals surface area contributed by atoms with Gasteiger partial charge in [-0.3, -0.25) is 4.79 Å². The maximum atomic E-state index is 10.6. The van der Waals surface area contributed by atoms with Crippen LogP contribution in [0.1, 0.15) is 27.1 Å². The first-order chi connectivity index (χ1) is 3.89. The van der Waals surface area contributed by atoms with Crippen LogP contribution in [0, 0.1) is 0 Å². The predicted molar refractivity (Wildman–Crippen MR) is 33.6 cm³/mol. The van der Waals surface area contributed by atoms with E-state index in [-0.39, 0.29) is 7.33 Å². The van der Waals surface area contributed by atoms with Gasteiger partial charge in [-0.05, 0) is 12.8 Å². The molecule has 0 radical (unpaired) electrons. The summed E-state index contributed by atoms with van der Waals surface area (Å²) in [5.41, 5.74) is 0. The second-order valence-electron chi connectivity index (χ2n) is 2.16. The van der Waals surface area contributed by atoms with Gasteiger partial charge in [0.2, 0.25) is 5.91 Å². The van der Waals surface area contributed by atoms with Crippen LogP contribution >= 0.6 is 0 Å². The lowest BCUT2D eigenvalue weighted by atomic mass is 10.2. The summed E-state index contributed by atoms with van der Waals surface area (Å²) in [5.74, 6) is 0.225. The van der Waals surface area contributed by atoms with Crippen molar-refractivity contribution in [2.24, 2.45) is 0 Å². The zero-order valence-electron chi connectivity index (χ0n) is 4.94. The van der Waals surface area contributed by atoms with Crippen LogP contribution in [0.15, 0.2) is 0 Å². The van der Waals surface area contributed by atoms with E-state index in [1.807, 2.05) is 0 Å². The van der Waals surface area contributed by atoms with Crippen LogP contribution in [0.4, 0.5) is 0 Å². The molecule has 0 aromatic heterocycles. The molecular weight excluding hydrogens is 102 g/mol. The van der Waals surface area contributed by atoms with Gasteiger partial charge in [0.25, 0.3) is 0 Å². The van der Waals surface area contributed by atoms with Crippen molar-refractivity contribution < 1.29 is 6.22 Å². The molecule has 1 N–H and O–H groups in total. The summed E-state index contributed by atoms with van der Waals surface area (Å²) < 4.78 is 0. The Labute approximate surface area is 50.8 Å². The highest BCUT2D eigenvalue weighted by atomic mass is 16.1. The molecule has 1 saturated heterocycles. The van der Waals surface area contributed by atoms with Gasteiger partial charge in [0.1, 0.15) is 0 Å². The first kappa shape index (κ1) is 5.60. The molecule has 2 nitrogen and oxygen atoms in total. The Balaban J connectivity index is 0.000000640. The van der Waals surface area contributed by atoms with E-state index in [1.54, 1.807) is 0 Å². The smallest absolute Gasteiger partial charge is 0.219 e. The Morgan fingerprint density at radius 1 is 1.38 bits per heavy atom. The van der Waals surface area contributed by atoms with Crippen molar-refractivity contribution in [2.75, 3.05) is 6.54 Å². The van der Waals surface area contributed by atoms with Crippen molar-refractivity contribution >= 4 is 5.91 Å². The van der Waals surface area contributed by atoms with Crippen LogP contribution in [0.3, 0.4) is 0 Å². The summed E-state index contributed by atoms with van der Waals surface area (Å²) in [4.78, 5) is 10.6. The van der Waals surface area contributed by atoms with Gasteiger partial charge >= 0.3 is 0 Å². The Bertz CT molecular complexity index is 85.1. The van der Waals surface area contributed by atoms with E-state index in [1.165, 1.54) is 6.42 Å². The molecule has 1 heterocycles. The molecule has 1 aliphatic rings. The largest absolute Gasteiger partial charge is 0.356 e. The fourth-order valence-corrected chi connectivity index (χ4v) is 0.904. The number of hydrogen-bond acceptors (Lipinski definition) is 1. The summed E-state index contributed by atoms with van der Waals surface area (Å²) in [6.07, 6.45) is 4.18. The minimum atomic E-state index is 0. The van der Waals surface area contributed by atoms with Crippen LogP contribution in [-0.4, -0.2) is 12.5 Å². The van der Waals surface area contributed by atoms with Gasteiger partial charge in [-0.25, -0.2) is 0 Å². The lowest BCUT2D eigenvalue weighted by Crippen LogP contribution is -2.21. The average molecular weight is 115 g/mol. The predicted octanol–water partition coefficient (Wildman–Crippen LogP) is 0.923. The minimum absolute atomic E-state index is 0. The van der Waals surface area contributed by atoms with Crippen LogP contribution in [0.2, 0.25) is 0 Å². The molecular formula is C6H13NO. The Morgan fingerprint density at radius 2 is 2.25 bits per heavy atom. The van der Waals surface area contributed by atoms with Gasteiger partial charge < -0.3 is 5.32 Å². The third-order valence-corrected chi connectivity index (χ3v) is 1.40. The van der Waals surface area contributed by atoms with E-state index in [9.17, 15) is 4.79 Å². The number of carbonyl (C=O) groups excluding carboxylic acids is 1. The lowest BCUT2D eigenvalue weighted by Gasteiger charge is -1.93. The van der Waals surface area contributed by atoms with Crippen molar-refractivity contribution in [2.45, 2.75) is 25.7 Å². The second-order valence-corrected chi connectivity index (χ2v) is 2.16. The monoisotopic (exact) mass is 115 g/mol. The number of nitrogens with one attached hydrogen (secondary N) is 1. The van der Waals surface area contributed by atoms with Crippen LogP contribution < -0.4 is 5.32 Å². The summed E-state index contributed by atoms with van der Waals surface area (Å²) in [6, 6.07) is 0. The first-order valence-electron chi connectivity index (χ1n) is 3.16. The SMILES string of the molecule is O=C1CCCCCN1.[HH]. The van der Waals surface area contributed by atoms with Gasteiger partial charge in [-0.2, -0.15) is 0 Å². The van der Waals surface area contributed by atoms with Gasteiger partial charge in [0.15, 0.2) is 0 Å². The van der Waals surface area contributed by atoms with Crippen LogP contribution in [-0.2, 0) is 4.79 Å². The van der Waals surface area contributed by atoms with E-state index in [0.29, 0.717) is 0 Å². The molecule has 1 rings (SSSR count). The molecule has 8 heavy (non-hydrogen) atoms. The molecule has 1 aliphatic heterocycles. The van der Waals surface area contributed by atoms with E-state index in [2.05, 4.69) is 5.32 Å². The molecule has 0 aromatic carbocycles. The Hall–Kier alpha value is -0.530. The fourth-order valence-electron chi connectivity index (χ4n) is 0.904. The molecule has 48 valence electrons. The minimum Gasteiger partial charge on any atom is -0.356 e. The maximum Gasteiger partial charge on any atom is 0.219 e. The Morgan fingerprint density at radius 3 is 3.12 bits per heavy atom. The normalized spacial score (nSPS) is 21.8. The van der Waals surface area contributed by atoms with Crippen LogP contribution in [0.5, 0.6) is 0 Å². The Kier molecular flexibility index (Phi) is 1.89. The van der Waals surface area contributed by atoms with Gasteiger partial charge in [-0.1, -0.05) is 6.42 Å². The molecule has 0 atom stereocenters. The van der Waals surface area contributed by atoms with Crippen LogP contribution in [0.25, 0.3) is 0 Å². The summed E-state index contributed by atoms with van der Waals surface area (Å²) in [5, 5.41) is 2.81. The molecule has 1 fully saturated rings. The molecule has 0 unspecified atom stereocenters. The highest BCUT2D eigenvalue weighted by Crippen LogP contribution is 2.02. The lowest BCUT2D eigenvalue weighted by molar-refractivity contribution is -0.120. The van der Waals surface area contributed by atoms with E-state index in [0.717, 1.165) is 25.8 Å². The average Bonchev–Trinajstić information content (AvgIpc) is 1.94. The standard InChI is InChI=1S/C6H11NO.H2/c8-6-4-2-1-3-5-7-6;/h1-5H2,(H,7,8);1H. The summed E-state index contributed by atoms with van der Waals surface area (Å²) >= 11 is 0. The van der Waals surface area contributed by atoms with Crippen molar-refractivity contribution in [3.63, 3.8) is 0 Å². The summed E-state index contributed by atoms with van der Waals surface area (Å²) in [7, 11) is 0. The number of carbonyl (C=O) groups is 1. The zero-order chi connectivity index (χ0) is 5.82. The van der Waals surface area contributed by atoms with Gasteiger partial charge in [-0.15, -0.1) is 0 Å². The van der Waals surface area contributed by atoms with Gasteiger partial charge in [0, 0.05) is 14.4 Å². The summed E-state index contributed by atoms with van der Waals surface area (Å²) in [6.45, 7) is 0.888.